The van der Waals surface area contributed by atoms with Crippen molar-refractivity contribution in [2.45, 2.75) is 45.4 Å². The molecule has 0 bridgehead atoms. The molecule has 3 aromatic carbocycles. The fourth-order valence-electron chi connectivity index (χ4n) is 4.80. The van der Waals surface area contributed by atoms with Crippen LogP contribution in [0.1, 0.15) is 55.5 Å². The van der Waals surface area contributed by atoms with E-state index >= 15 is 0 Å². The summed E-state index contributed by atoms with van der Waals surface area (Å²) in [5.41, 5.74) is 4.34. The first-order chi connectivity index (χ1) is 19.7. The Labute approximate surface area is 243 Å². The Bertz CT molecular complexity index is 1400. The molecular weight excluding hydrogens is 512 g/mol. The van der Waals surface area contributed by atoms with Gasteiger partial charge in [-0.1, -0.05) is 99.6 Å². The number of rotatable bonds is 11. The summed E-state index contributed by atoms with van der Waals surface area (Å²) in [5, 5.41) is 7.91. The molecule has 1 heterocycles. The number of carbonyl (C=O) groups is 2. The number of carbonyl (C=O) groups excluding carboxylic acids is 2. The fraction of sp³-hybridized carbons (Fsp3) is 0.324. The van der Waals surface area contributed by atoms with Crippen molar-refractivity contribution in [2.24, 2.45) is 0 Å². The molecule has 4 rings (SSSR count). The Kier molecular flexibility index (Phi) is 9.73. The monoisotopic (exact) mass is 552 g/mol. The Balaban J connectivity index is 1.64. The lowest BCUT2D eigenvalue weighted by Crippen LogP contribution is -2.42. The Hall–Kier alpha value is -4.23. The normalized spacial score (nSPS) is 11.5. The molecule has 1 aromatic heterocycles. The van der Waals surface area contributed by atoms with Crippen LogP contribution < -0.4 is 5.32 Å². The van der Waals surface area contributed by atoms with Crippen LogP contribution in [0.15, 0.2) is 91.0 Å². The zero-order valence-electron chi connectivity index (χ0n) is 24.6. The predicted octanol–water partition coefficient (Wildman–Crippen LogP) is 6.11. The summed E-state index contributed by atoms with van der Waals surface area (Å²) in [4.78, 5) is 29.4. The summed E-state index contributed by atoms with van der Waals surface area (Å²) in [6.07, 6.45) is 0.612. The zero-order chi connectivity index (χ0) is 29.4. The lowest BCUT2D eigenvalue weighted by atomic mass is 9.90. The third-order valence-electron chi connectivity index (χ3n) is 7.02. The minimum Gasteiger partial charge on any atom is -0.385 e. The van der Waals surface area contributed by atoms with Gasteiger partial charge in [-0.05, 0) is 36.1 Å². The molecule has 0 saturated heterocycles. The van der Waals surface area contributed by atoms with Crippen molar-refractivity contribution in [1.29, 1.82) is 0 Å². The van der Waals surface area contributed by atoms with E-state index in [1.807, 2.05) is 97.9 Å². The highest BCUT2D eigenvalue weighted by molar-refractivity contribution is 5.96. The van der Waals surface area contributed by atoms with Gasteiger partial charge in [0, 0.05) is 31.7 Å². The number of hydrogen-bond acceptors (Lipinski definition) is 4. The second-order valence-electron chi connectivity index (χ2n) is 11.3. The van der Waals surface area contributed by atoms with Crippen molar-refractivity contribution in [1.82, 2.24) is 14.7 Å². The highest BCUT2D eigenvalue weighted by atomic mass is 16.5. The molecule has 41 heavy (non-hydrogen) atoms. The molecule has 2 amide bonds. The van der Waals surface area contributed by atoms with Gasteiger partial charge in [-0.15, -0.1) is 0 Å². The number of nitrogens with zero attached hydrogens (tertiary/aromatic N) is 3. The van der Waals surface area contributed by atoms with Gasteiger partial charge in [0.25, 0.3) is 0 Å². The van der Waals surface area contributed by atoms with E-state index in [-0.39, 0.29) is 23.8 Å². The van der Waals surface area contributed by atoms with Crippen LogP contribution in [0.2, 0.25) is 0 Å². The molecule has 0 atom stereocenters. The zero-order valence-corrected chi connectivity index (χ0v) is 24.6. The molecule has 0 aliphatic carbocycles. The smallest absolute Gasteiger partial charge is 0.245 e. The van der Waals surface area contributed by atoms with Gasteiger partial charge in [0.2, 0.25) is 11.8 Å². The summed E-state index contributed by atoms with van der Waals surface area (Å²) in [5.74, 6) is -0.374. The number of benzene rings is 3. The van der Waals surface area contributed by atoms with Gasteiger partial charge in [0.15, 0.2) is 0 Å². The predicted molar refractivity (Wildman–Crippen MR) is 163 cm³/mol. The Morgan fingerprint density at radius 1 is 0.927 bits per heavy atom. The summed E-state index contributed by atoms with van der Waals surface area (Å²) >= 11 is 0. The summed E-state index contributed by atoms with van der Waals surface area (Å²) in [6, 6.07) is 29.3. The molecule has 0 saturated carbocycles. The fourth-order valence-corrected chi connectivity index (χ4v) is 4.80. The Morgan fingerprint density at radius 3 is 2.07 bits per heavy atom. The average molecular weight is 553 g/mol. The van der Waals surface area contributed by atoms with Crippen molar-refractivity contribution in [3.05, 3.63) is 113 Å². The summed E-state index contributed by atoms with van der Waals surface area (Å²) in [6.45, 7) is 9.07. The van der Waals surface area contributed by atoms with Gasteiger partial charge in [-0.25, -0.2) is 4.68 Å². The van der Waals surface area contributed by atoms with Crippen molar-refractivity contribution < 1.29 is 14.3 Å². The summed E-state index contributed by atoms with van der Waals surface area (Å²) in [7, 11) is 1.63. The van der Waals surface area contributed by atoms with Crippen LogP contribution in [0.5, 0.6) is 0 Å². The van der Waals surface area contributed by atoms with Crippen LogP contribution in [0.25, 0.3) is 5.69 Å². The van der Waals surface area contributed by atoms with Gasteiger partial charge in [-0.2, -0.15) is 5.10 Å². The van der Waals surface area contributed by atoms with Crippen LogP contribution in [-0.2, 0) is 19.7 Å². The van der Waals surface area contributed by atoms with Gasteiger partial charge in [0.05, 0.1) is 23.8 Å². The van der Waals surface area contributed by atoms with Crippen molar-refractivity contribution in [3.8, 4) is 5.69 Å². The van der Waals surface area contributed by atoms with E-state index in [4.69, 9.17) is 9.84 Å². The largest absolute Gasteiger partial charge is 0.385 e. The molecule has 0 unspecified atom stereocenters. The van der Waals surface area contributed by atoms with E-state index in [2.05, 4.69) is 26.1 Å². The number of aryl methyl sites for hydroxylation is 1. The number of aromatic nitrogens is 2. The van der Waals surface area contributed by atoms with Gasteiger partial charge in [0.1, 0.15) is 5.82 Å². The van der Waals surface area contributed by atoms with Gasteiger partial charge >= 0.3 is 0 Å². The molecule has 7 nitrogen and oxygen atoms in total. The number of nitrogens with one attached hydrogen (secondary N) is 1. The van der Waals surface area contributed by atoms with Crippen LogP contribution in [-0.4, -0.2) is 53.3 Å². The molecular formula is C34H40N4O3. The highest BCUT2D eigenvalue weighted by Gasteiger charge is 2.29. The van der Waals surface area contributed by atoms with E-state index in [0.717, 1.165) is 28.1 Å². The minimum absolute atomic E-state index is 0.0947. The van der Waals surface area contributed by atoms with Crippen LogP contribution in [0.3, 0.4) is 0 Å². The van der Waals surface area contributed by atoms with Crippen molar-refractivity contribution in [2.75, 3.05) is 32.1 Å². The van der Waals surface area contributed by atoms with Crippen LogP contribution in [0.4, 0.5) is 5.82 Å². The second kappa shape index (κ2) is 13.4. The first kappa shape index (κ1) is 29.7. The molecule has 214 valence electrons. The van der Waals surface area contributed by atoms with E-state index in [1.165, 1.54) is 0 Å². The molecule has 0 aliphatic rings. The molecule has 0 aliphatic heterocycles. The maximum absolute atomic E-state index is 14.2. The van der Waals surface area contributed by atoms with Gasteiger partial charge in [-0.3, -0.25) is 9.59 Å². The van der Waals surface area contributed by atoms with E-state index in [0.29, 0.717) is 25.4 Å². The maximum Gasteiger partial charge on any atom is 0.245 e. The standard InChI is InChI=1S/C34H40N4O3/c1-25-15-12-13-20-28(25)38-30(23-29(36-38)34(2,3)4)35-31(39)24-37(21-14-22-41-5)33(40)32(26-16-8-6-9-17-26)27-18-10-7-11-19-27/h6-13,15-20,23,32H,14,21-22,24H2,1-5H3,(H,35,39). The lowest BCUT2D eigenvalue weighted by molar-refractivity contribution is -0.135. The third-order valence-corrected chi connectivity index (χ3v) is 7.02. The Morgan fingerprint density at radius 2 is 1.51 bits per heavy atom. The van der Waals surface area contributed by atoms with E-state index < -0.39 is 5.92 Å². The number of amides is 2. The van der Waals surface area contributed by atoms with Gasteiger partial charge < -0.3 is 15.0 Å². The van der Waals surface area contributed by atoms with Crippen molar-refractivity contribution in [3.63, 3.8) is 0 Å². The first-order valence-corrected chi connectivity index (χ1v) is 14.0. The molecule has 7 heteroatoms. The molecule has 0 spiro atoms. The van der Waals surface area contributed by atoms with Crippen molar-refractivity contribution >= 4 is 17.6 Å². The number of anilines is 1. The first-order valence-electron chi connectivity index (χ1n) is 14.0. The summed E-state index contributed by atoms with van der Waals surface area (Å²) < 4.78 is 7.04. The van der Waals surface area contributed by atoms with E-state index in [9.17, 15) is 9.59 Å². The number of ether oxygens (including phenoxy) is 1. The molecule has 1 N–H and O–H groups in total. The number of hydrogen-bond donors (Lipinski definition) is 1. The minimum atomic E-state index is -0.530. The topological polar surface area (TPSA) is 76.5 Å². The lowest BCUT2D eigenvalue weighted by Gasteiger charge is -2.28. The number of methoxy groups -OCH3 is 1. The number of para-hydroxylation sites is 1. The second-order valence-corrected chi connectivity index (χ2v) is 11.3. The van der Waals surface area contributed by atoms with Crippen LogP contribution in [0, 0.1) is 6.92 Å². The quantitative estimate of drug-likeness (QED) is 0.228. The molecule has 4 aromatic rings. The molecule has 0 radical (unpaired) electrons. The van der Waals surface area contributed by atoms with Crippen LogP contribution >= 0.6 is 0 Å². The molecule has 0 fully saturated rings. The van der Waals surface area contributed by atoms with E-state index in [1.54, 1.807) is 16.7 Å². The highest BCUT2D eigenvalue weighted by Crippen LogP contribution is 2.29. The maximum atomic E-state index is 14.2. The average Bonchev–Trinajstić information content (AvgIpc) is 3.38. The third kappa shape index (κ3) is 7.50. The SMILES string of the molecule is COCCCN(CC(=O)Nc1cc(C(C)(C)C)nn1-c1ccccc1C)C(=O)C(c1ccccc1)c1ccccc1.